The van der Waals surface area contributed by atoms with Crippen molar-refractivity contribution in [3.8, 4) is 22.8 Å². The standard InChI is InChI=1S/C14H7Cl2N3O3/c15-11-6-3-9(7-12(11)16)14-17-13(18-22-14)8-1-4-10(5-2-8)19(20)21/h1-7H. The van der Waals surface area contributed by atoms with E-state index in [0.29, 0.717) is 27.0 Å². The summed E-state index contributed by atoms with van der Waals surface area (Å²) in [6.07, 6.45) is 0. The summed E-state index contributed by atoms with van der Waals surface area (Å²) in [7, 11) is 0. The molecule has 0 amide bonds. The molecule has 22 heavy (non-hydrogen) atoms. The fourth-order valence-corrected chi connectivity index (χ4v) is 2.12. The summed E-state index contributed by atoms with van der Waals surface area (Å²) < 4.78 is 5.18. The maximum absolute atomic E-state index is 10.6. The highest BCUT2D eigenvalue weighted by molar-refractivity contribution is 6.42. The van der Waals surface area contributed by atoms with Crippen molar-refractivity contribution in [1.82, 2.24) is 10.1 Å². The molecule has 8 heteroatoms. The minimum atomic E-state index is -0.471. The molecule has 0 bridgehead atoms. The Bertz CT molecular complexity index is 847. The summed E-state index contributed by atoms with van der Waals surface area (Å²) >= 11 is 11.8. The van der Waals surface area contributed by atoms with E-state index in [2.05, 4.69) is 10.1 Å². The minimum Gasteiger partial charge on any atom is -0.334 e. The van der Waals surface area contributed by atoms with Crippen LogP contribution < -0.4 is 0 Å². The van der Waals surface area contributed by atoms with Gasteiger partial charge in [-0.25, -0.2) is 0 Å². The summed E-state index contributed by atoms with van der Waals surface area (Å²) in [5.74, 6) is 0.614. The van der Waals surface area contributed by atoms with Gasteiger partial charge in [0.15, 0.2) is 0 Å². The second kappa shape index (κ2) is 5.75. The van der Waals surface area contributed by atoms with E-state index in [4.69, 9.17) is 27.7 Å². The molecule has 110 valence electrons. The van der Waals surface area contributed by atoms with Crippen molar-refractivity contribution in [2.24, 2.45) is 0 Å². The zero-order valence-corrected chi connectivity index (χ0v) is 12.4. The van der Waals surface area contributed by atoms with Crippen LogP contribution in [0.2, 0.25) is 10.0 Å². The first-order chi connectivity index (χ1) is 10.5. The molecule has 0 unspecified atom stereocenters. The Morgan fingerprint density at radius 1 is 1.00 bits per heavy atom. The van der Waals surface area contributed by atoms with Crippen molar-refractivity contribution in [1.29, 1.82) is 0 Å². The Labute approximate surface area is 134 Å². The zero-order valence-electron chi connectivity index (χ0n) is 10.9. The molecule has 0 aliphatic heterocycles. The van der Waals surface area contributed by atoms with Crippen LogP contribution in [0, 0.1) is 10.1 Å². The number of rotatable bonds is 3. The second-order valence-corrected chi connectivity index (χ2v) is 5.17. The van der Waals surface area contributed by atoms with E-state index in [1.807, 2.05) is 0 Å². The Hall–Kier alpha value is -2.44. The van der Waals surface area contributed by atoms with Crippen molar-refractivity contribution in [2.75, 3.05) is 0 Å². The van der Waals surface area contributed by atoms with Gasteiger partial charge in [0, 0.05) is 23.3 Å². The summed E-state index contributed by atoms with van der Waals surface area (Å²) in [6.45, 7) is 0. The third-order valence-corrected chi connectivity index (χ3v) is 3.67. The molecule has 0 aliphatic carbocycles. The molecule has 0 N–H and O–H groups in total. The van der Waals surface area contributed by atoms with Crippen LogP contribution in [0.25, 0.3) is 22.8 Å². The molecule has 0 radical (unpaired) electrons. The smallest absolute Gasteiger partial charge is 0.269 e. The van der Waals surface area contributed by atoms with Crippen LogP contribution in [-0.2, 0) is 0 Å². The summed E-state index contributed by atoms with van der Waals surface area (Å²) in [4.78, 5) is 14.4. The zero-order chi connectivity index (χ0) is 15.7. The van der Waals surface area contributed by atoms with Crippen molar-refractivity contribution in [3.63, 3.8) is 0 Å². The highest BCUT2D eigenvalue weighted by Gasteiger charge is 2.13. The van der Waals surface area contributed by atoms with Crippen LogP contribution >= 0.6 is 23.2 Å². The van der Waals surface area contributed by atoms with Gasteiger partial charge in [-0.15, -0.1) is 0 Å². The van der Waals surface area contributed by atoms with Crippen LogP contribution in [0.5, 0.6) is 0 Å². The molecule has 6 nitrogen and oxygen atoms in total. The third kappa shape index (κ3) is 2.79. The van der Waals surface area contributed by atoms with Gasteiger partial charge in [-0.1, -0.05) is 28.4 Å². The van der Waals surface area contributed by atoms with Gasteiger partial charge in [-0.2, -0.15) is 4.98 Å². The fraction of sp³-hybridized carbons (Fsp3) is 0. The first-order valence-electron chi connectivity index (χ1n) is 6.08. The van der Waals surface area contributed by atoms with Crippen molar-refractivity contribution < 1.29 is 9.45 Å². The quantitative estimate of drug-likeness (QED) is 0.515. The number of non-ortho nitro benzene ring substituents is 1. The second-order valence-electron chi connectivity index (χ2n) is 4.36. The lowest BCUT2D eigenvalue weighted by atomic mass is 10.2. The van der Waals surface area contributed by atoms with Crippen LogP contribution in [0.15, 0.2) is 47.0 Å². The van der Waals surface area contributed by atoms with Crippen LogP contribution in [0.4, 0.5) is 5.69 Å². The van der Waals surface area contributed by atoms with E-state index >= 15 is 0 Å². The fourth-order valence-electron chi connectivity index (χ4n) is 1.82. The Morgan fingerprint density at radius 2 is 1.68 bits per heavy atom. The third-order valence-electron chi connectivity index (χ3n) is 2.93. The van der Waals surface area contributed by atoms with Gasteiger partial charge in [0.1, 0.15) is 0 Å². The van der Waals surface area contributed by atoms with Crippen molar-refractivity contribution in [3.05, 3.63) is 62.6 Å². The predicted molar refractivity (Wildman–Crippen MR) is 81.8 cm³/mol. The van der Waals surface area contributed by atoms with Crippen LogP contribution in [-0.4, -0.2) is 15.1 Å². The SMILES string of the molecule is O=[N+]([O-])c1ccc(-c2noc(-c3ccc(Cl)c(Cl)c3)n2)cc1. The molecule has 3 rings (SSSR count). The molecular formula is C14H7Cl2N3O3. The van der Waals surface area contributed by atoms with Gasteiger partial charge in [-0.05, 0) is 30.3 Å². The van der Waals surface area contributed by atoms with Gasteiger partial charge in [-0.3, -0.25) is 10.1 Å². The number of hydrogen-bond donors (Lipinski definition) is 0. The molecule has 0 saturated heterocycles. The van der Waals surface area contributed by atoms with Gasteiger partial charge in [0.2, 0.25) is 5.82 Å². The monoisotopic (exact) mass is 335 g/mol. The number of nitro benzene ring substituents is 1. The number of nitro groups is 1. The number of halogens is 2. The van der Waals surface area contributed by atoms with Crippen molar-refractivity contribution in [2.45, 2.75) is 0 Å². The van der Waals surface area contributed by atoms with Gasteiger partial charge in [0.05, 0.1) is 15.0 Å². The number of nitrogens with zero attached hydrogens (tertiary/aromatic N) is 3. The van der Waals surface area contributed by atoms with Gasteiger partial charge in [0.25, 0.3) is 11.6 Å². The van der Waals surface area contributed by atoms with Crippen molar-refractivity contribution >= 4 is 28.9 Å². The maximum atomic E-state index is 10.6. The molecule has 2 aromatic carbocycles. The lowest BCUT2D eigenvalue weighted by Gasteiger charge is -1.97. The van der Waals surface area contributed by atoms with Crippen LogP contribution in [0.1, 0.15) is 0 Å². The molecule has 0 saturated carbocycles. The predicted octanol–water partition coefficient (Wildman–Crippen LogP) is 4.62. The summed E-state index contributed by atoms with van der Waals surface area (Å²) in [6, 6.07) is 10.8. The molecule has 1 heterocycles. The minimum absolute atomic E-state index is 0.00282. The van der Waals surface area contributed by atoms with Gasteiger partial charge < -0.3 is 4.52 Å². The molecular weight excluding hydrogens is 329 g/mol. The summed E-state index contributed by atoms with van der Waals surface area (Å²) in [5.41, 5.74) is 1.24. The highest BCUT2D eigenvalue weighted by Crippen LogP contribution is 2.29. The van der Waals surface area contributed by atoms with Gasteiger partial charge >= 0.3 is 0 Å². The number of aromatic nitrogens is 2. The molecule has 0 aliphatic rings. The number of hydrogen-bond acceptors (Lipinski definition) is 5. The first kappa shape index (κ1) is 14.5. The van der Waals surface area contributed by atoms with E-state index in [9.17, 15) is 10.1 Å². The lowest BCUT2D eigenvalue weighted by Crippen LogP contribution is -1.87. The molecule has 3 aromatic rings. The van der Waals surface area contributed by atoms with E-state index in [1.54, 1.807) is 30.3 Å². The topological polar surface area (TPSA) is 82.1 Å². The Morgan fingerprint density at radius 3 is 2.32 bits per heavy atom. The lowest BCUT2D eigenvalue weighted by molar-refractivity contribution is -0.384. The average Bonchev–Trinajstić information content (AvgIpc) is 3.00. The van der Waals surface area contributed by atoms with E-state index in [-0.39, 0.29) is 11.6 Å². The Balaban J connectivity index is 1.93. The molecule has 1 aromatic heterocycles. The average molecular weight is 336 g/mol. The van der Waals surface area contributed by atoms with E-state index in [0.717, 1.165) is 0 Å². The van der Waals surface area contributed by atoms with E-state index in [1.165, 1.54) is 12.1 Å². The Kier molecular flexibility index (Phi) is 3.79. The molecule has 0 spiro atoms. The normalized spacial score (nSPS) is 10.6. The molecule has 0 fully saturated rings. The largest absolute Gasteiger partial charge is 0.334 e. The highest BCUT2D eigenvalue weighted by atomic mass is 35.5. The number of benzene rings is 2. The first-order valence-corrected chi connectivity index (χ1v) is 6.84. The van der Waals surface area contributed by atoms with Crippen LogP contribution in [0.3, 0.4) is 0 Å². The van der Waals surface area contributed by atoms with E-state index < -0.39 is 4.92 Å². The summed E-state index contributed by atoms with van der Waals surface area (Å²) in [5, 5.41) is 15.3. The maximum Gasteiger partial charge on any atom is 0.269 e. The molecule has 0 atom stereocenters.